The second-order valence-electron chi connectivity index (χ2n) is 3.08. The zero-order chi connectivity index (χ0) is 10.7. The third-order valence-corrected chi connectivity index (χ3v) is 2.65. The van der Waals surface area contributed by atoms with Crippen molar-refractivity contribution in [1.82, 2.24) is 0 Å². The minimum Gasteiger partial charge on any atom is -0.192 e. The molecule has 0 bridgehead atoms. The molecule has 0 saturated heterocycles. The molecule has 0 saturated carbocycles. The number of hydrogen-bond donors (Lipinski definition) is 0. The molecule has 71 valence electrons. The highest BCUT2D eigenvalue weighted by atomic mass is 79.9. The molecule has 2 aromatic carbocycles. The summed E-state index contributed by atoms with van der Waals surface area (Å²) in [4.78, 5) is 0. The monoisotopic (exact) mass is 256 g/mol. The molecule has 0 unspecified atom stereocenters. The summed E-state index contributed by atoms with van der Waals surface area (Å²) in [6, 6.07) is 18.5. The minimum atomic E-state index is 0.583. The molecule has 0 aromatic heterocycles. The Hall–Kier alpha value is -1.59. The van der Waals surface area contributed by atoms with E-state index >= 15 is 0 Å². The molecule has 1 radical (unpaired) electrons. The molecule has 0 N–H and O–H groups in total. The largest absolute Gasteiger partial charge is 0.192 e. The van der Waals surface area contributed by atoms with Gasteiger partial charge in [-0.1, -0.05) is 46.3 Å². The Kier molecular flexibility index (Phi) is 2.84. The van der Waals surface area contributed by atoms with Gasteiger partial charge in [-0.2, -0.15) is 5.26 Å². The first kappa shape index (κ1) is 9.95. The molecule has 2 aromatic rings. The molecular formula is C13H7BrN. The van der Waals surface area contributed by atoms with Crippen LogP contribution in [0.2, 0.25) is 0 Å². The first-order chi connectivity index (χ1) is 7.31. The zero-order valence-electron chi connectivity index (χ0n) is 7.87. The van der Waals surface area contributed by atoms with E-state index in [1.165, 1.54) is 0 Å². The minimum absolute atomic E-state index is 0.583. The average molecular weight is 257 g/mol. The van der Waals surface area contributed by atoms with Crippen LogP contribution < -0.4 is 0 Å². The van der Waals surface area contributed by atoms with E-state index < -0.39 is 0 Å². The molecule has 1 nitrogen and oxygen atoms in total. The maximum Gasteiger partial charge on any atom is 0.100 e. The Morgan fingerprint density at radius 2 is 1.87 bits per heavy atom. The topological polar surface area (TPSA) is 23.8 Å². The Balaban J connectivity index is 2.55. The molecular weight excluding hydrogens is 250 g/mol. The van der Waals surface area contributed by atoms with Gasteiger partial charge in [0.15, 0.2) is 0 Å². The highest BCUT2D eigenvalue weighted by Crippen LogP contribution is 2.24. The number of halogens is 1. The summed E-state index contributed by atoms with van der Waals surface area (Å²) in [6.45, 7) is 0. The number of nitrogens with zero attached hydrogens (tertiary/aromatic N) is 1. The van der Waals surface area contributed by atoms with Crippen molar-refractivity contribution >= 4 is 15.9 Å². The van der Waals surface area contributed by atoms with Crippen LogP contribution in [0.15, 0.2) is 46.9 Å². The van der Waals surface area contributed by atoms with Gasteiger partial charge in [-0.25, -0.2) is 0 Å². The van der Waals surface area contributed by atoms with E-state index in [1.807, 2.05) is 36.4 Å². The van der Waals surface area contributed by atoms with Crippen LogP contribution in [0.5, 0.6) is 0 Å². The Labute approximate surface area is 97.1 Å². The Morgan fingerprint density at radius 1 is 1.13 bits per heavy atom. The molecule has 2 heteroatoms. The van der Waals surface area contributed by atoms with Gasteiger partial charge in [-0.05, 0) is 17.7 Å². The summed E-state index contributed by atoms with van der Waals surface area (Å²) >= 11 is 3.38. The van der Waals surface area contributed by atoms with E-state index in [9.17, 15) is 0 Å². The quantitative estimate of drug-likeness (QED) is 0.762. The molecule has 0 aliphatic rings. The van der Waals surface area contributed by atoms with Crippen LogP contribution in [0.4, 0.5) is 0 Å². The Morgan fingerprint density at radius 3 is 2.53 bits per heavy atom. The molecule has 0 fully saturated rings. The van der Waals surface area contributed by atoms with E-state index in [2.05, 4.69) is 28.1 Å². The summed E-state index contributed by atoms with van der Waals surface area (Å²) in [6.07, 6.45) is 0. The van der Waals surface area contributed by atoms with E-state index in [0.29, 0.717) is 5.56 Å². The first-order valence-corrected chi connectivity index (χ1v) is 5.27. The predicted molar refractivity (Wildman–Crippen MR) is 63.1 cm³/mol. The molecule has 0 aliphatic heterocycles. The molecule has 2 rings (SSSR count). The van der Waals surface area contributed by atoms with E-state index in [4.69, 9.17) is 5.26 Å². The summed E-state index contributed by atoms with van der Waals surface area (Å²) in [5.74, 6) is 0. The smallest absolute Gasteiger partial charge is 0.100 e. The van der Waals surface area contributed by atoms with Crippen LogP contribution in [0.25, 0.3) is 11.1 Å². The second kappa shape index (κ2) is 4.29. The van der Waals surface area contributed by atoms with E-state index in [1.54, 1.807) is 6.07 Å². The third kappa shape index (κ3) is 2.08. The van der Waals surface area contributed by atoms with Gasteiger partial charge >= 0.3 is 0 Å². The third-order valence-electron chi connectivity index (χ3n) is 2.12. The van der Waals surface area contributed by atoms with Crippen molar-refractivity contribution < 1.29 is 0 Å². The van der Waals surface area contributed by atoms with Gasteiger partial charge in [0.2, 0.25) is 0 Å². The van der Waals surface area contributed by atoms with Gasteiger partial charge in [-0.15, -0.1) is 0 Å². The number of benzene rings is 2. The molecule has 0 aliphatic carbocycles. The van der Waals surface area contributed by atoms with Crippen molar-refractivity contribution in [3.05, 3.63) is 58.6 Å². The first-order valence-electron chi connectivity index (χ1n) is 4.48. The SMILES string of the molecule is N#Cc1[c]cccc1-c1ccc(Br)cc1. The predicted octanol–water partition coefficient (Wildman–Crippen LogP) is 3.79. The van der Waals surface area contributed by atoms with Crippen LogP contribution in [0.3, 0.4) is 0 Å². The lowest BCUT2D eigenvalue weighted by Crippen LogP contribution is -1.83. The van der Waals surface area contributed by atoms with Crippen molar-refractivity contribution in [2.45, 2.75) is 0 Å². The fourth-order valence-electron chi connectivity index (χ4n) is 1.40. The van der Waals surface area contributed by atoms with Crippen LogP contribution in [0, 0.1) is 17.4 Å². The number of nitriles is 1. The van der Waals surface area contributed by atoms with Crippen molar-refractivity contribution in [1.29, 1.82) is 5.26 Å². The molecule has 0 spiro atoms. The lowest BCUT2D eigenvalue weighted by Gasteiger charge is -2.03. The van der Waals surface area contributed by atoms with Crippen LogP contribution in [-0.2, 0) is 0 Å². The summed E-state index contributed by atoms with van der Waals surface area (Å²) in [5.41, 5.74) is 2.54. The van der Waals surface area contributed by atoms with E-state index in [0.717, 1.165) is 15.6 Å². The van der Waals surface area contributed by atoms with Crippen LogP contribution in [0.1, 0.15) is 5.56 Å². The molecule has 0 amide bonds. The molecule has 0 atom stereocenters. The van der Waals surface area contributed by atoms with Crippen molar-refractivity contribution in [2.75, 3.05) is 0 Å². The standard InChI is InChI=1S/C13H7BrN/c14-12-7-5-10(6-8-12)13-4-2-1-3-11(13)9-15/h1-2,4-8H. The van der Waals surface area contributed by atoms with Crippen molar-refractivity contribution in [3.63, 3.8) is 0 Å². The Bertz CT molecular complexity index is 509. The number of hydrogen-bond acceptors (Lipinski definition) is 1. The zero-order valence-corrected chi connectivity index (χ0v) is 9.45. The van der Waals surface area contributed by atoms with Gasteiger partial charge < -0.3 is 0 Å². The summed E-state index contributed by atoms with van der Waals surface area (Å²) in [5, 5.41) is 8.94. The van der Waals surface area contributed by atoms with Crippen molar-refractivity contribution in [2.24, 2.45) is 0 Å². The van der Waals surface area contributed by atoms with Gasteiger partial charge in [-0.3, -0.25) is 0 Å². The fourth-order valence-corrected chi connectivity index (χ4v) is 1.66. The van der Waals surface area contributed by atoms with Gasteiger partial charge in [0.1, 0.15) is 6.07 Å². The van der Waals surface area contributed by atoms with Crippen LogP contribution in [-0.4, -0.2) is 0 Å². The average Bonchev–Trinajstić information content (AvgIpc) is 2.30. The lowest BCUT2D eigenvalue weighted by atomic mass is 10.0. The lowest BCUT2D eigenvalue weighted by molar-refractivity contribution is 1.47. The van der Waals surface area contributed by atoms with Crippen molar-refractivity contribution in [3.8, 4) is 17.2 Å². The maximum atomic E-state index is 8.94. The van der Waals surface area contributed by atoms with E-state index in [-0.39, 0.29) is 0 Å². The van der Waals surface area contributed by atoms with Gasteiger partial charge in [0.05, 0.1) is 5.56 Å². The fraction of sp³-hybridized carbons (Fsp3) is 0. The maximum absolute atomic E-state index is 8.94. The summed E-state index contributed by atoms with van der Waals surface area (Å²) < 4.78 is 1.03. The second-order valence-corrected chi connectivity index (χ2v) is 3.99. The highest BCUT2D eigenvalue weighted by molar-refractivity contribution is 9.10. The molecule has 15 heavy (non-hydrogen) atoms. The van der Waals surface area contributed by atoms with Gasteiger partial charge in [0.25, 0.3) is 0 Å². The van der Waals surface area contributed by atoms with Gasteiger partial charge in [0, 0.05) is 16.1 Å². The molecule has 0 heterocycles. The highest BCUT2D eigenvalue weighted by Gasteiger charge is 2.03. The number of rotatable bonds is 1. The van der Waals surface area contributed by atoms with Crippen LogP contribution >= 0.6 is 15.9 Å². The summed E-state index contributed by atoms with van der Waals surface area (Å²) in [7, 11) is 0. The normalized spacial score (nSPS) is 9.60.